The van der Waals surface area contributed by atoms with Gasteiger partial charge in [-0.25, -0.2) is 9.79 Å². The topological polar surface area (TPSA) is 82.1 Å². The van der Waals surface area contributed by atoms with Crippen molar-refractivity contribution in [1.82, 2.24) is 15.1 Å². The first-order valence-corrected chi connectivity index (χ1v) is 9.12. The zero-order valence-electron chi connectivity index (χ0n) is 13.7. The fourth-order valence-electron chi connectivity index (χ4n) is 2.80. The number of halogens is 1. The average molecular weight is 381 g/mol. The van der Waals surface area contributed by atoms with Crippen LogP contribution in [0.25, 0.3) is 0 Å². The quantitative estimate of drug-likeness (QED) is 0.806. The zero-order chi connectivity index (χ0) is 18.1. The normalized spacial score (nSPS) is 22.6. The molecule has 2 aliphatic rings. The second-order valence-corrected chi connectivity index (χ2v) is 7.06. The lowest BCUT2D eigenvalue weighted by Gasteiger charge is -2.35. The number of fused-ring (bicyclic) bond motifs is 1. The second kappa shape index (κ2) is 7.05. The molecule has 7 nitrogen and oxygen atoms in total. The Morgan fingerprint density at radius 2 is 2.00 bits per heavy atom. The number of likely N-dealkylation sites (N-methyl/N-ethyl adjacent to an activating group) is 2. The van der Waals surface area contributed by atoms with Crippen molar-refractivity contribution in [3.8, 4) is 0 Å². The van der Waals surface area contributed by atoms with Crippen LogP contribution >= 0.6 is 23.4 Å². The number of amides is 3. The number of nitrogens with one attached hydrogen (secondary N) is 1. The van der Waals surface area contributed by atoms with Crippen LogP contribution in [0, 0.1) is 0 Å². The molecule has 0 bridgehead atoms. The molecule has 0 aromatic heterocycles. The molecule has 2 aliphatic heterocycles. The number of aliphatic imine (C=N–C) groups is 1. The van der Waals surface area contributed by atoms with Gasteiger partial charge in [-0.1, -0.05) is 23.4 Å². The summed E-state index contributed by atoms with van der Waals surface area (Å²) in [5, 5.41) is 3.49. The number of nitrogens with zero attached hydrogens (tertiary/aromatic N) is 3. The molecule has 3 rings (SSSR count). The lowest BCUT2D eigenvalue weighted by atomic mass is 10.1. The van der Waals surface area contributed by atoms with Gasteiger partial charge < -0.3 is 9.80 Å². The zero-order valence-corrected chi connectivity index (χ0v) is 15.3. The maximum Gasteiger partial charge on any atom is 0.325 e. The Morgan fingerprint density at radius 1 is 1.32 bits per heavy atom. The number of amidine groups is 1. The second-order valence-electron chi connectivity index (χ2n) is 5.68. The third kappa shape index (κ3) is 3.36. The number of rotatable bonds is 4. The number of imide groups is 1. The van der Waals surface area contributed by atoms with Crippen molar-refractivity contribution < 1.29 is 14.4 Å². The van der Waals surface area contributed by atoms with Crippen molar-refractivity contribution in [3.63, 3.8) is 0 Å². The Balaban J connectivity index is 1.73. The van der Waals surface area contributed by atoms with Crippen LogP contribution in [-0.2, 0) is 4.79 Å². The molecular formula is C16H17ClN4O3S. The van der Waals surface area contributed by atoms with Crippen LogP contribution in [0.2, 0.25) is 5.02 Å². The van der Waals surface area contributed by atoms with Gasteiger partial charge in [-0.3, -0.25) is 14.9 Å². The first-order valence-electron chi connectivity index (χ1n) is 7.76. The number of Topliss-reactive ketones (excluding diaryl/α,β-unsaturated/α-hetero) is 1. The van der Waals surface area contributed by atoms with Gasteiger partial charge in [0.1, 0.15) is 0 Å². The van der Waals surface area contributed by atoms with Crippen LogP contribution < -0.4 is 5.32 Å². The molecule has 25 heavy (non-hydrogen) atoms. The smallest absolute Gasteiger partial charge is 0.325 e. The molecule has 0 saturated carbocycles. The van der Waals surface area contributed by atoms with Gasteiger partial charge in [0, 0.05) is 24.2 Å². The third-order valence-corrected chi connectivity index (χ3v) is 5.42. The summed E-state index contributed by atoms with van der Waals surface area (Å²) in [7, 11) is 1.60. The molecule has 2 unspecified atom stereocenters. The standard InChI is InChI=1S/C16H17ClN4O3S/c1-3-21-12-13(20(2)15(24)19-14(12)23)18-16(21)25-8-11(22)9-4-6-10(17)7-5-9/h4-7,12-13H,3,8H2,1-2H3,(H,19,23,24). The molecule has 9 heteroatoms. The molecule has 0 aliphatic carbocycles. The first-order chi connectivity index (χ1) is 11.9. The highest BCUT2D eigenvalue weighted by molar-refractivity contribution is 8.14. The van der Waals surface area contributed by atoms with Crippen molar-refractivity contribution >= 4 is 46.3 Å². The number of thioether (sulfide) groups is 1. The molecule has 132 valence electrons. The summed E-state index contributed by atoms with van der Waals surface area (Å²) < 4.78 is 0. The van der Waals surface area contributed by atoms with E-state index < -0.39 is 18.2 Å². The minimum Gasteiger partial charge on any atom is -0.336 e. The number of urea groups is 1. The molecule has 2 heterocycles. The molecule has 3 amide bonds. The van der Waals surface area contributed by atoms with Crippen molar-refractivity contribution in [2.24, 2.45) is 4.99 Å². The fourth-order valence-corrected chi connectivity index (χ4v) is 3.95. The van der Waals surface area contributed by atoms with Gasteiger partial charge in [-0.15, -0.1) is 0 Å². The van der Waals surface area contributed by atoms with Crippen LogP contribution in [0.1, 0.15) is 17.3 Å². The Morgan fingerprint density at radius 3 is 2.64 bits per heavy atom. The summed E-state index contributed by atoms with van der Waals surface area (Å²) in [5.74, 6) is -0.224. The Hall–Kier alpha value is -2.06. The molecular weight excluding hydrogens is 364 g/mol. The monoisotopic (exact) mass is 380 g/mol. The fraction of sp³-hybridized carbons (Fsp3) is 0.375. The van der Waals surface area contributed by atoms with E-state index >= 15 is 0 Å². The van der Waals surface area contributed by atoms with Crippen LogP contribution in [0.15, 0.2) is 29.3 Å². The van der Waals surface area contributed by atoms with Crippen LogP contribution in [-0.4, -0.2) is 64.2 Å². The van der Waals surface area contributed by atoms with Gasteiger partial charge in [0.2, 0.25) is 0 Å². The van der Waals surface area contributed by atoms with E-state index in [4.69, 9.17) is 11.6 Å². The number of hydrogen-bond donors (Lipinski definition) is 1. The summed E-state index contributed by atoms with van der Waals surface area (Å²) in [6.07, 6.45) is -0.561. The molecule has 2 atom stereocenters. The highest BCUT2D eigenvalue weighted by atomic mass is 35.5. The summed E-state index contributed by atoms with van der Waals surface area (Å²) >= 11 is 7.10. The number of hydrogen-bond acceptors (Lipinski definition) is 6. The number of benzene rings is 1. The van der Waals surface area contributed by atoms with Gasteiger partial charge in [0.15, 0.2) is 23.2 Å². The predicted molar refractivity (Wildman–Crippen MR) is 96.9 cm³/mol. The van der Waals surface area contributed by atoms with Gasteiger partial charge >= 0.3 is 6.03 Å². The van der Waals surface area contributed by atoms with E-state index in [0.29, 0.717) is 22.3 Å². The van der Waals surface area contributed by atoms with Gasteiger partial charge in [-0.05, 0) is 31.2 Å². The molecule has 1 aromatic carbocycles. The van der Waals surface area contributed by atoms with Gasteiger partial charge in [0.05, 0.1) is 5.75 Å². The van der Waals surface area contributed by atoms with Crippen LogP contribution in [0.3, 0.4) is 0 Å². The summed E-state index contributed by atoms with van der Waals surface area (Å²) in [6, 6.07) is 5.68. The van der Waals surface area contributed by atoms with E-state index in [2.05, 4.69) is 10.3 Å². The number of carbonyl (C=O) groups is 3. The minimum atomic E-state index is -0.561. The highest BCUT2D eigenvalue weighted by Crippen LogP contribution is 2.28. The Labute approximate surface area is 154 Å². The van der Waals surface area contributed by atoms with Crippen molar-refractivity contribution in [2.45, 2.75) is 19.1 Å². The van der Waals surface area contributed by atoms with Gasteiger partial charge in [-0.2, -0.15) is 0 Å². The van der Waals surface area contributed by atoms with Crippen molar-refractivity contribution in [2.75, 3.05) is 19.3 Å². The van der Waals surface area contributed by atoms with E-state index in [0.717, 1.165) is 0 Å². The predicted octanol–water partition coefficient (Wildman–Crippen LogP) is 1.82. The summed E-state index contributed by atoms with van der Waals surface area (Å²) in [4.78, 5) is 44.0. The van der Waals surface area contributed by atoms with E-state index in [-0.39, 0.29) is 17.4 Å². The molecule has 1 fully saturated rings. The highest BCUT2D eigenvalue weighted by Gasteiger charge is 2.48. The van der Waals surface area contributed by atoms with E-state index in [1.54, 1.807) is 31.3 Å². The molecule has 1 N–H and O–H groups in total. The molecule has 0 radical (unpaired) electrons. The van der Waals surface area contributed by atoms with E-state index in [1.165, 1.54) is 16.7 Å². The Kier molecular flexibility index (Phi) is 5.01. The molecule has 0 spiro atoms. The maximum atomic E-state index is 12.3. The maximum absolute atomic E-state index is 12.3. The number of carbonyl (C=O) groups excluding carboxylic acids is 3. The lowest BCUT2D eigenvalue weighted by molar-refractivity contribution is -0.127. The van der Waals surface area contributed by atoms with E-state index in [1.807, 2.05) is 11.8 Å². The summed E-state index contributed by atoms with van der Waals surface area (Å²) in [6.45, 7) is 2.46. The average Bonchev–Trinajstić information content (AvgIpc) is 2.97. The van der Waals surface area contributed by atoms with Crippen LogP contribution in [0.5, 0.6) is 0 Å². The SMILES string of the molecule is CCN1C(SCC(=O)c2ccc(Cl)cc2)=NC2C1C(=O)NC(=O)N2C. The lowest BCUT2D eigenvalue weighted by Crippen LogP contribution is -2.63. The Bertz CT molecular complexity index is 752. The summed E-state index contributed by atoms with van der Waals surface area (Å²) in [5.41, 5.74) is 0.570. The van der Waals surface area contributed by atoms with E-state index in [9.17, 15) is 14.4 Å². The van der Waals surface area contributed by atoms with Crippen LogP contribution in [0.4, 0.5) is 4.79 Å². The first kappa shape index (κ1) is 17.8. The largest absolute Gasteiger partial charge is 0.336 e. The number of ketones is 1. The third-order valence-electron chi connectivity index (χ3n) is 4.16. The molecule has 1 aromatic rings. The minimum absolute atomic E-state index is 0.0517. The van der Waals surface area contributed by atoms with Gasteiger partial charge in [0.25, 0.3) is 5.91 Å². The molecule has 1 saturated heterocycles. The van der Waals surface area contributed by atoms with Crippen molar-refractivity contribution in [3.05, 3.63) is 34.9 Å². The van der Waals surface area contributed by atoms with Crippen molar-refractivity contribution in [1.29, 1.82) is 0 Å².